The molecule has 0 unspecified atom stereocenters. The molecule has 0 heterocycles. The third-order valence-electron chi connectivity index (χ3n) is 2.36. The maximum atomic E-state index is 13.3. The lowest BCUT2D eigenvalue weighted by Gasteiger charge is -2.23. The molecule has 1 rings (SSSR count). The van der Waals surface area contributed by atoms with Crippen molar-refractivity contribution in [3.8, 4) is 0 Å². The first-order chi connectivity index (χ1) is 8.79. The summed E-state index contributed by atoms with van der Waals surface area (Å²) in [6.45, 7) is 2.28. The molecule has 0 aliphatic rings. The van der Waals surface area contributed by atoms with Crippen molar-refractivity contribution in [3.63, 3.8) is 0 Å². The number of amides is 1. The van der Waals surface area contributed by atoms with Gasteiger partial charge in [-0.25, -0.2) is 9.11 Å². The minimum absolute atomic E-state index is 0.382. The Hall–Kier alpha value is -1.51. The standard InChI is InChI=1S/C11H15FN2O4S/c1-8(2)14(7-15)19(17,18)13-11(16)9-5-3-4-6-10(9)12/h3-6,8,15H,7H2,1-2H3,(H,13,16). The Morgan fingerprint density at radius 1 is 1.42 bits per heavy atom. The Balaban J connectivity index is 2.96. The highest BCUT2D eigenvalue weighted by Gasteiger charge is 2.27. The van der Waals surface area contributed by atoms with Crippen molar-refractivity contribution in [3.05, 3.63) is 35.6 Å². The molecule has 8 heteroatoms. The molecule has 6 nitrogen and oxygen atoms in total. The summed E-state index contributed by atoms with van der Waals surface area (Å²) in [5, 5.41) is 8.99. The van der Waals surface area contributed by atoms with E-state index in [9.17, 15) is 17.6 Å². The molecule has 2 N–H and O–H groups in total. The monoisotopic (exact) mass is 290 g/mol. The van der Waals surface area contributed by atoms with Gasteiger partial charge in [0.25, 0.3) is 5.91 Å². The zero-order valence-electron chi connectivity index (χ0n) is 10.5. The van der Waals surface area contributed by atoms with Crippen LogP contribution in [-0.2, 0) is 10.2 Å². The normalized spacial score (nSPS) is 11.9. The van der Waals surface area contributed by atoms with Crippen molar-refractivity contribution >= 4 is 16.1 Å². The molecule has 0 saturated carbocycles. The second-order valence-corrected chi connectivity index (χ2v) is 5.66. The average Bonchev–Trinajstić information content (AvgIpc) is 2.28. The zero-order valence-corrected chi connectivity index (χ0v) is 11.3. The van der Waals surface area contributed by atoms with Gasteiger partial charge in [-0.3, -0.25) is 4.79 Å². The maximum absolute atomic E-state index is 13.3. The van der Waals surface area contributed by atoms with Crippen LogP contribution in [0.5, 0.6) is 0 Å². The lowest BCUT2D eigenvalue weighted by molar-refractivity contribution is 0.0969. The summed E-state index contributed by atoms with van der Waals surface area (Å²) in [5.74, 6) is -1.91. The Morgan fingerprint density at radius 2 is 2.00 bits per heavy atom. The molecule has 0 aliphatic carbocycles. The third-order valence-corrected chi connectivity index (χ3v) is 3.96. The predicted octanol–water partition coefficient (Wildman–Crippen LogP) is 0.460. The van der Waals surface area contributed by atoms with Crippen LogP contribution in [-0.4, -0.2) is 36.5 Å². The number of carbonyl (C=O) groups is 1. The molecule has 0 spiro atoms. The van der Waals surface area contributed by atoms with Gasteiger partial charge in [-0.2, -0.15) is 12.7 Å². The van der Waals surface area contributed by atoms with Crippen molar-refractivity contribution in [2.45, 2.75) is 19.9 Å². The summed E-state index contributed by atoms with van der Waals surface area (Å²) in [6.07, 6.45) is 0. The zero-order chi connectivity index (χ0) is 14.6. The van der Waals surface area contributed by atoms with E-state index in [0.717, 1.165) is 6.07 Å². The summed E-state index contributed by atoms with van der Waals surface area (Å²) in [6, 6.07) is 4.47. The van der Waals surface area contributed by atoms with Crippen LogP contribution in [0.25, 0.3) is 0 Å². The van der Waals surface area contributed by atoms with Gasteiger partial charge in [0, 0.05) is 6.04 Å². The van der Waals surface area contributed by atoms with E-state index in [1.165, 1.54) is 32.0 Å². The van der Waals surface area contributed by atoms with E-state index in [2.05, 4.69) is 0 Å². The number of rotatable bonds is 5. The van der Waals surface area contributed by atoms with E-state index in [0.29, 0.717) is 4.31 Å². The smallest absolute Gasteiger partial charge is 0.306 e. The summed E-state index contributed by atoms with van der Waals surface area (Å²) < 4.78 is 39.3. The van der Waals surface area contributed by atoms with Gasteiger partial charge in [0.15, 0.2) is 0 Å². The summed E-state index contributed by atoms with van der Waals surface area (Å²) in [7, 11) is -4.22. The van der Waals surface area contributed by atoms with Crippen LogP contribution < -0.4 is 4.72 Å². The van der Waals surface area contributed by atoms with Crippen molar-refractivity contribution in [1.82, 2.24) is 9.03 Å². The largest absolute Gasteiger partial charge is 0.380 e. The Kier molecular flexibility index (Phi) is 4.98. The molecule has 0 saturated heterocycles. The fourth-order valence-electron chi connectivity index (χ4n) is 1.39. The number of nitrogens with zero attached hydrogens (tertiary/aromatic N) is 1. The minimum atomic E-state index is -4.22. The van der Waals surface area contributed by atoms with E-state index < -0.39 is 34.7 Å². The average molecular weight is 290 g/mol. The minimum Gasteiger partial charge on any atom is -0.380 e. The van der Waals surface area contributed by atoms with Crippen LogP contribution in [0, 0.1) is 5.82 Å². The number of benzene rings is 1. The molecule has 0 bridgehead atoms. The molecule has 0 fully saturated rings. The van der Waals surface area contributed by atoms with Crippen LogP contribution >= 0.6 is 0 Å². The molecule has 1 aromatic rings. The molecule has 0 aliphatic heterocycles. The summed E-state index contributed by atoms with van der Waals surface area (Å²) >= 11 is 0. The van der Waals surface area contributed by atoms with Gasteiger partial charge < -0.3 is 5.11 Å². The first-order valence-corrected chi connectivity index (χ1v) is 6.93. The molecule has 19 heavy (non-hydrogen) atoms. The number of carbonyl (C=O) groups excluding carboxylic acids is 1. The topological polar surface area (TPSA) is 86.7 Å². The third kappa shape index (κ3) is 3.72. The van der Waals surface area contributed by atoms with Crippen LogP contribution in [0.2, 0.25) is 0 Å². The van der Waals surface area contributed by atoms with Crippen LogP contribution in [0.3, 0.4) is 0 Å². The number of nitrogens with one attached hydrogen (secondary N) is 1. The fourth-order valence-corrected chi connectivity index (χ4v) is 2.56. The second kappa shape index (κ2) is 6.09. The number of aliphatic hydroxyl groups excluding tert-OH is 1. The lowest BCUT2D eigenvalue weighted by atomic mass is 10.2. The maximum Gasteiger partial charge on any atom is 0.306 e. The van der Waals surface area contributed by atoms with Crippen molar-refractivity contribution < 1.29 is 22.7 Å². The van der Waals surface area contributed by atoms with Gasteiger partial charge in [0.2, 0.25) is 0 Å². The predicted molar refractivity (Wildman–Crippen MR) is 66.8 cm³/mol. The molecular formula is C11H15FN2O4S. The Bertz CT molecular complexity index is 560. The number of aliphatic hydroxyl groups is 1. The van der Waals surface area contributed by atoms with E-state index in [1.54, 1.807) is 4.72 Å². The Labute approximate surface area is 111 Å². The first kappa shape index (κ1) is 15.5. The van der Waals surface area contributed by atoms with E-state index in [4.69, 9.17) is 5.11 Å². The Morgan fingerprint density at radius 3 is 2.47 bits per heavy atom. The van der Waals surface area contributed by atoms with Gasteiger partial charge in [0.05, 0.1) is 5.56 Å². The molecule has 106 valence electrons. The number of hydrogen-bond acceptors (Lipinski definition) is 4. The summed E-state index contributed by atoms with van der Waals surface area (Å²) in [5.41, 5.74) is -0.382. The van der Waals surface area contributed by atoms with Crippen LogP contribution in [0.4, 0.5) is 4.39 Å². The molecule has 1 aromatic carbocycles. The van der Waals surface area contributed by atoms with E-state index >= 15 is 0 Å². The van der Waals surface area contributed by atoms with Gasteiger partial charge in [0.1, 0.15) is 12.5 Å². The highest BCUT2D eigenvalue weighted by Crippen LogP contribution is 2.09. The molecule has 1 amide bonds. The molecule has 0 aromatic heterocycles. The van der Waals surface area contributed by atoms with Gasteiger partial charge in [-0.05, 0) is 26.0 Å². The van der Waals surface area contributed by atoms with Crippen LogP contribution in [0.15, 0.2) is 24.3 Å². The van der Waals surface area contributed by atoms with Crippen molar-refractivity contribution in [1.29, 1.82) is 0 Å². The highest BCUT2D eigenvalue weighted by atomic mass is 32.2. The summed E-state index contributed by atoms with van der Waals surface area (Å²) in [4.78, 5) is 11.7. The molecule has 0 atom stereocenters. The number of hydrogen-bond donors (Lipinski definition) is 2. The van der Waals surface area contributed by atoms with Gasteiger partial charge in [-0.1, -0.05) is 12.1 Å². The SMILES string of the molecule is CC(C)N(CO)S(=O)(=O)NC(=O)c1ccccc1F. The lowest BCUT2D eigenvalue weighted by Crippen LogP contribution is -2.47. The van der Waals surface area contributed by atoms with Crippen molar-refractivity contribution in [2.24, 2.45) is 0 Å². The van der Waals surface area contributed by atoms with E-state index in [1.807, 2.05) is 0 Å². The highest BCUT2D eigenvalue weighted by molar-refractivity contribution is 7.87. The quantitative estimate of drug-likeness (QED) is 0.771. The van der Waals surface area contributed by atoms with Gasteiger partial charge >= 0.3 is 10.2 Å². The van der Waals surface area contributed by atoms with E-state index in [-0.39, 0.29) is 5.56 Å². The first-order valence-electron chi connectivity index (χ1n) is 5.49. The second-order valence-electron chi connectivity index (χ2n) is 4.04. The number of halogens is 1. The fraction of sp³-hybridized carbons (Fsp3) is 0.364. The molecular weight excluding hydrogens is 275 g/mol. The van der Waals surface area contributed by atoms with Crippen molar-refractivity contribution in [2.75, 3.05) is 6.73 Å². The molecule has 0 radical (unpaired) electrons. The van der Waals surface area contributed by atoms with Gasteiger partial charge in [-0.15, -0.1) is 0 Å². The van der Waals surface area contributed by atoms with Crippen LogP contribution in [0.1, 0.15) is 24.2 Å².